The van der Waals surface area contributed by atoms with Gasteiger partial charge >= 0.3 is 0 Å². The highest BCUT2D eigenvalue weighted by Gasteiger charge is 2.30. The predicted octanol–water partition coefficient (Wildman–Crippen LogP) is 3.06. The van der Waals surface area contributed by atoms with E-state index in [1.807, 2.05) is 6.92 Å². The van der Waals surface area contributed by atoms with E-state index in [9.17, 15) is 12.8 Å². The first-order valence-corrected chi connectivity index (χ1v) is 8.61. The van der Waals surface area contributed by atoms with E-state index in [1.165, 1.54) is 12.3 Å². The average Bonchev–Trinajstić information content (AvgIpc) is 2.24. The molecule has 0 aliphatic rings. The van der Waals surface area contributed by atoms with E-state index >= 15 is 0 Å². The molecule has 0 aliphatic heterocycles. The predicted molar refractivity (Wildman–Crippen MR) is 79.4 cm³/mol. The Morgan fingerprint density at radius 2 is 2.00 bits per heavy atom. The number of halogens is 2. The van der Waals surface area contributed by atoms with E-state index in [4.69, 9.17) is 0 Å². The van der Waals surface area contributed by atoms with Crippen LogP contribution in [0.5, 0.6) is 0 Å². The Labute approximate surface area is 122 Å². The molecule has 19 heavy (non-hydrogen) atoms. The molecule has 1 unspecified atom stereocenters. The third-order valence-corrected chi connectivity index (χ3v) is 5.91. The first-order chi connectivity index (χ1) is 8.54. The molecule has 0 heterocycles. The van der Waals surface area contributed by atoms with Gasteiger partial charge in [0.1, 0.15) is 5.82 Å². The summed E-state index contributed by atoms with van der Waals surface area (Å²) >= 11 is 3.20. The van der Waals surface area contributed by atoms with Crippen LogP contribution in [0.1, 0.15) is 32.4 Å². The maximum atomic E-state index is 13.8. The molecule has 0 amide bonds. The summed E-state index contributed by atoms with van der Waals surface area (Å²) in [5, 5.41) is 3.07. The fourth-order valence-electron chi connectivity index (χ4n) is 1.49. The molecule has 0 bridgehead atoms. The molecule has 108 valence electrons. The van der Waals surface area contributed by atoms with Crippen molar-refractivity contribution >= 4 is 25.8 Å². The Bertz CT molecular complexity index is 558. The van der Waals surface area contributed by atoms with Gasteiger partial charge in [0.05, 0.1) is 4.75 Å². The van der Waals surface area contributed by atoms with E-state index in [1.54, 1.807) is 26.0 Å². The zero-order valence-electron chi connectivity index (χ0n) is 11.5. The van der Waals surface area contributed by atoms with Crippen molar-refractivity contribution in [3.8, 4) is 0 Å². The second-order valence-corrected chi connectivity index (χ2v) is 8.87. The zero-order valence-corrected chi connectivity index (χ0v) is 13.9. The summed E-state index contributed by atoms with van der Waals surface area (Å²) in [6.07, 6.45) is 1.21. The normalized spacial score (nSPS) is 14.4. The molecule has 1 atom stereocenters. The van der Waals surface area contributed by atoms with Gasteiger partial charge in [-0.3, -0.25) is 0 Å². The number of nitrogens with one attached hydrogen (secondary N) is 1. The van der Waals surface area contributed by atoms with Crippen molar-refractivity contribution in [2.75, 3.05) is 12.8 Å². The fraction of sp³-hybridized carbons (Fsp3) is 0.538. The van der Waals surface area contributed by atoms with E-state index in [0.29, 0.717) is 10.0 Å². The van der Waals surface area contributed by atoms with Crippen molar-refractivity contribution in [3.63, 3.8) is 0 Å². The molecule has 0 fully saturated rings. The Kier molecular flexibility index (Phi) is 5.15. The fourth-order valence-corrected chi connectivity index (χ4v) is 2.17. The minimum absolute atomic E-state index is 0.255. The highest BCUT2D eigenvalue weighted by atomic mass is 79.9. The molecule has 0 spiro atoms. The van der Waals surface area contributed by atoms with Gasteiger partial charge in [-0.05, 0) is 32.9 Å². The van der Waals surface area contributed by atoms with Crippen LogP contribution in [0.3, 0.4) is 0 Å². The van der Waals surface area contributed by atoms with Crippen LogP contribution in [0.15, 0.2) is 22.7 Å². The second kappa shape index (κ2) is 5.89. The monoisotopic (exact) mass is 351 g/mol. The molecule has 1 aromatic rings. The highest BCUT2D eigenvalue weighted by Crippen LogP contribution is 2.22. The van der Waals surface area contributed by atoms with Gasteiger partial charge in [-0.25, -0.2) is 12.8 Å². The standard InChI is InChI=1S/C13H19BrFNO2S/c1-9(11-6-5-10(14)7-12(11)15)16-8-13(2,3)19(4,17)18/h5-7,9,16H,8H2,1-4H3. The summed E-state index contributed by atoms with van der Waals surface area (Å²) < 4.78 is 36.7. The van der Waals surface area contributed by atoms with Crippen LogP contribution >= 0.6 is 15.9 Å². The zero-order chi connectivity index (χ0) is 14.8. The molecule has 0 aliphatic carbocycles. The SMILES string of the molecule is CC(NCC(C)(C)S(C)(=O)=O)c1ccc(Br)cc1F. The smallest absolute Gasteiger partial charge is 0.153 e. The van der Waals surface area contributed by atoms with E-state index in [2.05, 4.69) is 21.2 Å². The first kappa shape index (κ1) is 16.6. The summed E-state index contributed by atoms with van der Waals surface area (Å²) in [7, 11) is -3.16. The molecule has 1 N–H and O–H groups in total. The first-order valence-electron chi connectivity index (χ1n) is 5.92. The number of hydrogen-bond acceptors (Lipinski definition) is 3. The Hall–Kier alpha value is -0.460. The van der Waals surface area contributed by atoms with Crippen molar-refractivity contribution in [2.45, 2.75) is 31.6 Å². The molecule has 0 saturated heterocycles. The van der Waals surface area contributed by atoms with Gasteiger partial charge in [-0.1, -0.05) is 22.0 Å². The minimum Gasteiger partial charge on any atom is -0.309 e. The lowest BCUT2D eigenvalue weighted by Gasteiger charge is -2.25. The molecule has 3 nitrogen and oxygen atoms in total. The third kappa shape index (κ3) is 4.26. The minimum atomic E-state index is -3.16. The van der Waals surface area contributed by atoms with Crippen LogP contribution in [-0.2, 0) is 9.84 Å². The molecule has 1 aromatic carbocycles. The van der Waals surface area contributed by atoms with Crippen molar-refractivity contribution in [1.82, 2.24) is 5.32 Å². The molecule has 6 heteroatoms. The van der Waals surface area contributed by atoms with Gasteiger partial charge in [-0.2, -0.15) is 0 Å². The van der Waals surface area contributed by atoms with Gasteiger partial charge in [0, 0.05) is 28.9 Å². The Morgan fingerprint density at radius 1 is 1.42 bits per heavy atom. The van der Waals surface area contributed by atoms with Gasteiger partial charge in [0.25, 0.3) is 0 Å². The summed E-state index contributed by atoms with van der Waals surface area (Å²) in [5.41, 5.74) is 0.521. The lowest BCUT2D eigenvalue weighted by atomic mass is 10.1. The number of benzene rings is 1. The van der Waals surface area contributed by atoms with Crippen LogP contribution in [0.25, 0.3) is 0 Å². The van der Waals surface area contributed by atoms with Gasteiger partial charge in [-0.15, -0.1) is 0 Å². The molecular formula is C13H19BrFNO2S. The van der Waals surface area contributed by atoms with Crippen LogP contribution in [0, 0.1) is 5.82 Å². The van der Waals surface area contributed by atoms with Crippen LogP contribution in [-0.4, -0.2) is 26.0 Å². The van der Waals surface area contributed by atoms with Crippen molar-refractivity contribution in [1.29, 1.82) is 0 Å². The van der Waals surface area contributed by atoms with Crippen LogP contribution in [0.2, 0.25) is 0 Å². The Morgan fingerprint density at radius 3 is 2.47 bits per heavy atom. The lowest BCUT2D eigenvalue weighted by Crippen LogP contribution is -2.42. The number of hydrogen-bond donors (Lipinski definition) is 1. The average molecular weight is 352 g/mol. The maximum absolute atomic E-state index is 13.8. The van der Waals surface area contributed by atoms with E-state index < -0.39 is 14.6 Å². The summed E-state index contributed by atoms with van der Waals surface area (Å²) in [6.45, 7) is 5.38. The highest BCUT2D eigenvalue weighted by molar-refractivity contribution is 9.10. The number of rotatable bonds is 5. The topological polar surface area (TPSA) is 46.2 Å². The third-order valence-electron chi connectivity index (χ3n) is 3.27. The molecular weight excluding hydrogens is 333 g/mol. The van der Waals surface area contributed by atoms with E-state index in [0.717, 1.165) is 0 Å². The number of sulfone groups is 1. The summed E-state index contributed by atoms with van der Waals surface area (Å²) in [6, 6.07) is 4.59. The molecule has 1 rings (SSSR count). The van der Waals surface area contributed by atoms with Gasteiger partial charge in [0.15, 0.2) is 9.84 Å². The summed E-state index contributed by atoms with van der Waals surface area (Å²) in [5.74, 6) is -0.313. The van der Waals surface area contributed by atoms with Crippen molar-refractivity contribution in [2.24, 2.45) is 0 Å². The van der Waals surface area contributed by atoms with Crippen molar-refractivity contribution < 1.29 is 12.8 Å². The van der Waals surface area contributed by atoms with E-state index in [-0.39, 0.29) is 18.4 Å². The van der Waals surface area contributed by atoms with Gasteiger partial charge in [0.2, 0.25) is 0 Å². The van der Waals surface area contributed by atoms with Crippen LogP contribution in [0.4, 0.5) is 4.39 Å². The van der Waals surface area contributed by atoms with Crippen LogP contribution < -0.4 is 5.32 Å². The molecule has 0 radical (unpaired) electrons. The summed E-state index contributed by atoms with van der Waals surface area (Å²) in [4.78, 5) is 0. The lowest BCUT2D eigenvalue weighted by molar-refractivity contribution is 0.476. The largest absolute Gasteiger partial charge is 0.309 e. The Balaban J connectivity index is 2.79. The van der Waals surface area contributed by atoms with Crippen molar-refractivity contribution in [3.05, 3.63) is 34.1 Å². The molecule has 0 aromatic heterocycles. The second-order valence-electron chi connectivity index (χ2n) is 5.30. The van der Waals surface area contributed by atoms with Gasteiger partial charge < -0.3 is 5.32 Å². The maximum Gasteiger partial charge on any atom is 0.153 e. The molecule has 0 saturated carbocycles. The quantitative estimate of drug-likeness (QED) is 0.886.